The number of benzene rings is 1. The first kappa shape index (κ1) is 13.0. The van der Waals surface area contributed by atoms with Crippen LogP contribution in [0.3, 0.4) is 0 Å². The molecule has 1 N–H and O–H groups in total. The van der Waals surface area contributed by atoms with E-state index in [1.807, 2.05) is 0 Å². The highest BCUT2D eigenvalue weighted by Gasteiger charge is 2.30. The normalized spacial score (nSPS) is 18.9. The van der Waals surface area contributed by atoms with Gasteiger partial charge in [0.1, 0.15) is 5.84 Å². The molecule has 2 rings (SSSR count). The van der Waals surface area contributed by atoms with Crippen molar-refractivity contribution in [3.8, 4) is 0 Å². The molecular formula is C11H14N2O4S. The second kappa shape index (κ2) is 5.05. The van der Waals surface area contributed by atoms with Crippen LogP contribution >= 0.6 is 0 Å². The van der Waals surface area contributed by atoms with Crippen molar-refractivity contribution < 1.29 is 17.9 Å². The van der Waals surface area contributed by atoms with Gasteiger partial charge in [0.25, 0.3) is 10.0 Å². The number of methoxy groups -OCH3 is 2. The molecule has 0 amide bonds. The third-order valence-electron chi connectivity index (χ3n) is 2.59. The second-order valence-electron chi connectivity index (χ2n) is 3.69. The Balaban J connectivity index is 2.30. The van der Waals surface area contributed by atoms with Crippen molar-refractivity contribution in [2.75, 3.05) is 20.8 Å². The van der Waals surface area contributed by atoms with Gasteiger partial charge >= 0.3 is 0 Å². The number of sulfonamides is 1. The van der Waals surface area contributed by atoms with Crippen molar-refractivity contribution in [1.29, 1.82) is 0 Å². The minimum absolute atomic E-state index is 0.221. The largest absolute Gasteiger partial charge is 0.354 e. The van der Waals surface area contributed by atoms with Crippen LogP contribution in [-0.2, 0) is 19.5 Å². The first-order valence-corrected chi connectivity index (χ1v) is 6.79. The van der Waals surface area contributed by atoms with Crippen molar-refractivity contribution in [2.24, 2.45) is 4.99 Å². The first-order valence-electron chi connectivity index (χ1n) is 5.30. The lowest BCUT2D eigenvalue weighted by Crippen LogP contribution is -2.25. The highest BCUT2D eigenvalue weighted by Crippen LogP contribution is 2.22. The maximum Gasteiger partial charge on any atom is 0.263 e. The van der Waals surface area contributed by atoms with Crippen LogP contribution < -0.4 is 4.72 Å². The Labute approximate surface area is 106 Å². The highest BCUT2D eigenvalue weighted by atomic mass is 32.2. The van der Waals surface area contributed by atoms with E-state index in [-0.39, 0.29) is 11.4 Å². The fraction of sp³-hybridized carbons (Fsp3) is 0.364. The van der Waals surface area contributed by atoms with Crippen LogP contribution in [0.25, 0.3) is 0 Å². The van der Waals surface area contributed by atoms with Crippen molar-refractivity contribution in [3.05, 3.63) is 29.8 Å². The zero-order chi connectivity index (χ0) is 13.2. The van der Waals surface area contributed by atoms with Gasteiger partial charge in [-0.15, -0.1) is 0 Å². The molecular weight excluding hydrogens is 256 g/mol. The Kier molecular flexibility index (Phi) is 3.65. The van der Waals surface area contributed by atoms with Gasteiger partial charge in [0.05, 0.1) is 11.4 Å². The van der Waals surface area contributed by atoms with E-state index >= 15 is 0 Å². The van der Waals surface area contributed by atoms with E-state index in [4.69, 9.17) is 9.47 Å². The molecule has 1 aromatic carbocycles. The summed E-state index contributed by atoms with van der Waals surface area (Å²) in [5.41, 5.74) is 0.573. The lowest BCUT2D eigenvalue weighted by molar-refractivity contribution is -0.0936. The molecule has 0 radical (unpaired) electrons. The molecule has 1 aliphatic heterocycles. The van der Waals surface area contributed by atoms with E-state index < -0.39 is 16.3 Å². The fourth-order valence-corrected chi connectivity index (χ4v) is 2.91. The summed E-state index contributed by atoms with van der Waals surface area (Å²) in [6, 6.07) is 6.69. The summed E-state index contributed by atoms with van der Waals surface area (Å²) in [5, 5.41) is 0. The maximum atomic E-state index is 11.8. The third-order valence-corrected chi connectivity index (χ3v) is 3.98. The van der Waals surface area contributed by atoms with Gasteiger partial charge in [0, 0.05) is 19.8 Å². The van der Waals surface area contributed by atoms with E-state index in [1.54, 1.807) is 24.3 Å². The van der Waals surface area contributed by atoms with Gasteiger partial charge in [0.15, 0.2) is 6.29 Å². The number of fused-ring (bicyclic) bond motifs is 1. The van der Waals surface area contributed by atoms with Gasteiger partial charge in [-0.25, -0.2) is 8.42 Å². The van der Waals surface area contributed by atoms with Crippen molar-refractivity contribution in [3.63, 3.8) is 0 Å². The minimum atomic E-state index is -3.48. The van der Waals surface area contributed by atoms with Crippen molar-refractivity contribution in [2.45, 2.75) is 11.2 Å². The summed E-state index contributed by atoms with van der Waals surface area (Å²) in [5.74, 6) is 0.324. The quantitative estimate of drug-likeness (QED) is 0.801. The number of nitrogens with zero attached hydrogens (tertiary/aromatic N) is 1. The molecule has 18 heavy (non-hydrogen) atoms. The molecule has 1 heterocycles. The van der Waals surface area contributed by atoms with E-state index in [1.165, 1.54) is 14.2 Å². The van der Waals surface area contributed by atoms with Crippen LogP contribution in [0.4, 0.5) is 0 Å². The maximum absolute atomic E-state index is 11.8. The zero-order valence-electron chi connectivity index (χ0n) is 10.1. The van der Waals surface area contributed by atoms with Crippen molar-refractivity contribution >= 4 is 15.9 Å². The molecule has 6 nitrogen and oxygen atoms in total. The third kappa shape index (κ3) is 2.38. The first-order chi connectivity index (χ1) is 8.58. The molecule has 0 bridgehead atoms. The monoisotopic (exact) mass is 270 g/mol. The summed E-state index contributed by atoms with van der Waals surface area (Å²) < 4.78 is 36.0. The molecule has 1 aromatic rings. The topological polar surface area (TPSA) is 77.0 Å². The van der Waals surface area contributed by atoms with Crippen LogP contribution in [0.1, 0.15) is 5.56 Å². The zero-order valence-corrected chi connectivity index (χ0v) is 10.9. The number of rotatable bonds is 4. The Morgan fingerprint density at radius 3 is 2.61 bits per heavy atom. The number of nitrogens with one attached hydrogen (secondary N) is 1. The smallest absolute Gasteiger partial charge is 0.263 e. The molecule has 0 aromatic heterocycles. The van der Waals surface area contributed by atoms with Gasteiger partial charge in [-0.2, -0.15) is 0 Å². The fourth-order valence-electron chi connectivity index (χ4n) is 1.66. The van der Waals surface area contributed by atoms with E-state index in [0.717, 1.165) is 0 Å². The lowest BCUT2D eigenvalue weighted by Gasteiger charge is -2.10. The van der Waals surface area contributed by atoms with Crippen LogP contribution in [0.2, 0.25) is 0 Å². The summed E-state index contributed by atoms with van der Waals surface area (Å²) >= 11 is 0. The predicted molar refractivity (Wildman–Crippen MR) is 66.0 cm³/mol. The lowest BCUT2D eigenvalue weighted by atomic mass is 10.2. The Morgan fingerprint density at radius 2 is 1.94 bits per heavy atom. The molecule has 0 saturated carbocycles. The highest BCUT2D eigenvalue weighted by molar-refractivity contribution is 7.90. The Morgan fingerprint density at radius 1 is 1.28 bits per heavy atom. The molecule has 7 heteroatoms. The van der Waals surface area contributed by atoms with Crippen LogP contribution in [0.5, 0.6) is 0 Å². The number of amidine groups is 1. The number of ether oxygens (including phenoxy) is 2. The molecule has 0 spiro atoms. The number of hydrogen-bond acceptors (Lipinski definition) is 5. The molecule has 0 unspecified atom stereocenters. The van der Waals surface area contributed by atoms with Gasteiger partial charge in [0.2, 0.25) is 0 Å². The standard InChI is InChI=1S/C11H14N2O4S/c1-16-10(17-2)7-12-11-8-5-3-4-6-9(8)18(14,15)13-11/h3-6,10H,7H2,1-2H3,(H,12,13). The average molecular weight is 270 g/mol. The molecule has 0 aliphatic carbocycles. The van der Waals surface area contributed by atoms with Gasteiger partial charge in [-0.3, -0.25) is 9.71 Å². The minimum Gasteiger partial charge on any atom is -0.354 e. The number of hydrogen-bond donors (Lipinski definition) is 1. The van der Waals surface area contributed by atoms with E-state index in [0.29, 0.717) is 11.4 Å². The molecule has 0 saturated heterocycles. The van der Waals surface area contributed by atoms with Crippen LogP contribution in [-0.4, -0.2) is 41.3 Å². The van der Waals surface area contributed by atoms with E-state index in [2.05, 4.69) is 9.71 Å². The summed E-state index contributed by atoms with van der Waals surface area (Å²) in [6.07, 6.45) is -0.491. The van der Waals surface area contributed by atoms with Gasteiger partial charge in [-0.1, -0.05) is 12.1 Å². The molecule has 0 atom stereocenters. The van der Waals surface area contributed by atoms with Crippen molar-refractivity contribution in [1.82, 2.24) is 4.72 Å². The summed E-state index contributed by atoms with van der Waals surface area (Å²) in [4.78, 5) is 4.42. The summed E-state index contributed by atoms with van der Waals surface area (Å²) in [6.45, 7) is 0.221. The summed E-state index contributed by atoms with van der Waals surface area (Å²) in [7, 11) is -0.476. The van der Waals surface area contributed by atoms with E-state index in [9.17, 15) is 8.42 Å². The SMILES string of the molecule is COC(CN=C1NS(=O)(=O)c2ccccc21)OC. The average Bonchev–Trinajstić information content (AvgIpc) is 2.63. The van der Waals surface area contributed by atoms with Gasteiger partial charge < -0.3 is 9.47 Å². The Hall–Kier alpha value is -1.44. The second-order valence-corrected chi connectivity index (χ2v) is 5.34. The Bertz CT molecular complexity index is 564. The predicted octanol–water partition coefficient (Wildman–Crippen LogP) is 0.344. The molecule has 0 fully saturated rings. The number of aliphatic imine (C=N–C) groups is 1. The molecule has 1 aliphatic rings. The molecule has 98 valence electrons. The van der Waals surface area contributed by atoms with Crippen LogP contribution in [0.15, 0.2) is 34.2 Å². The van der Waals surface area contributed by atoms with Crippen LogP contribution in [0, 0.1) is 0 Å². The van der Waals surface area contributed by atoms with Gasteiger partial charge in [-0.05, 0) is 12.1 Å².